The van der Waals surface area contributed by atoms with Crippen LogP contribution in [0.5, 0.6) is 0 Å². The fourth-order valence-corrected chi connectivity index (χ4v) is 5.26. The van der Waals surface area contributed by atoms with Crippen LogP contribution in [0.2, 0.25) is 0 Å². The zero-order chi connectivity index (χ0) is 19.2. The summed E-state index contributed by atoms with van der Waals surface area (Å²) in [6.45, 7) is 0.634. The van der Waals surface area contributed by atoms with E-state index in [-0.39, 0.29) is 12.0 Å². The lowest BCUT2D eigenvalue weighted by Gasteiger charge is -2.43. The van der Waals surface area contributed by atoms with Gasteiger partial charge in [-0.15, -0.1) is 0 Å². The Morgan fingerprint density at radius 2 is 1.92 bits per heavy atom. The molecule has 146 valence electrons. The highest BCUT2D eigenvalue weighted by Crippen LogP contribution is 2.46. The molecular formula is C15H23N2O8S+. The molecule has 0 spiro atoms. The summed E-state index contributed by atoms with van der Waals surface area (Å²) in [6.07, 6.45) is -4.23. The number of nitrogens with zero attached hydrogens (tertiary/aromatic N) is 1. The van der Waals surface area contributed by atoms with Crippen LogP contribution in [0, 0.1) is 0 Å². The third-order valence-corrected chi connectivity index (χ3v) is 6.82. The molecule has 6 N–H and O–H groups in total. The van der Waals surface area contributed by atoms with Crippen molar-refractivity contribution in [2.45, 2.75) is 54.6 Å². The Balaban J connectivity index is 2.07. The number of aliphatic hydroxyl groups excluding tert-OH is 5. The van der Waals surface area contributed by atoms with Crippen LogP contribution in [0.4, 0.5) is 4.79 Å². The molecule has 3 amide bonds. The molecule has 3 rings (SSSR count). The number of hydrogen-bond donors (Lipinski definition) is 6. The number of quaternary nitrogens is 1. The Morgan fingerprint density at radius 1 is 1.23 bits per heavy atom. The molecule has 3 heterocycles. The van der Waals surface area contributed by atoms with Gasteiger partial charge in [0, 0.05) is 0 Å². The van der Waals surface area contributed by atoms with Crippen LogP contribution in [0.25, 0.3) is 0 Å². The number of amides is 3. The number of hydrogen-bond acceptors (Lipinski definition) is 9. The quantitative estimate of drug-likeness (QED) is 0.287. The maximum absolute atomic E-state index is 12.9. The van der Waals surface area contributed by atoms with Gasteiger partial charge in [-0.25, -0.2) is 10.1 Å². The number of ether oxygens (including phenoxy) is 1. The van der Waals surface area contributed by atoms with Gasteiger partial charge in [-0.05, 0) is 6.92 Å². The number of thioether (sulfide) groups is 1. The van der Waals surface area contributed by atoms with E-state index in [1.54, 1.807) is 0 Å². The lowest BCUT2D eigenvalue weighted by Crippen LogP contribution is -2.68. The van der Waals surface area contributed by atoms with E-state index in [1.807, 2.05) is 0 Å². The molecule has 2 saturated heterocycles. The van der Waals surface area contributed by atoms with E-state index in [1.165, 1.54) is 13.1 Å². The van der Waals surface area contributed by atoms with Crippen molar-refractivity contribution in [2.75, 3.05) is 13.2 Å². The lowest BCUT2D eigenvalue weighted by atomic mass is 10.1. The van der Waals surface area contributed by atoms with Gasteiger partial charge in [0.1, 0.15) is 24.5 Å². The zero-order valence-electron chi connectivity index (χ0n) is 14.1. The number of carbonyl (C=O) groups excluding carboxylic acids is 2. The second-order valence-corrected chi connectivity index (χ2v) is 8.11. The first-order valence-electron chi connectivity index (χ1n) is 8.26. The third-order valence-electron chi connectivity index (χ3n) is 5.14. The van der Waals surface area contributed by atoms with E-state index < -0.39 is 70.9 Å². The number of aliphatic hydroxyl groups is 5. The summed E-state index contributed by atoms with van der Waals surface area (Å²) in [5.74, 6) is -0.585. The van der Waals surface area contributed by atoms with Crippen molar-refractivity contribution >= 4 is 23.7 Å². The van der Waals surface area contributed by atoms with Gasteiger partial charge in [0.05, 0.1) is 36.6 Å². The first-order valence-corrected chi connectivity index (χ1v) is 9.20. The maximum Gasteiger partial charge on any atom is 0.431 e. The summed E-state index contributed by atoms with van der Waals surface area (Å²) >= 11 is 1.02. The van der Waals surface area contributed by atoms with Gasteiger partial charge in [0.15, 0.2) is 5.37 Å². The van der Waals surface area contributed by atoms with Crippen LogP contribution < -0.4 is 5.32 Å². The summed E-state index contributed by atoms with van der Waals surface area (Å²) in [4.78, 5) is 24.8. The minimum absolute atomic E-state index is 0.0136. The summed E-state index contributed by atoms with van der Waals surface area (Å²) in [6, 6.07) is -0.765. The van der Waals surface area contributed by atoms with Crippen LogP contribution in [0.3, 0.4) is 0 Å². The van der Waals surface area contributed by atoms with Crippen molar-refractivity contribution in [2.24, 2.45) is 0 Å². The zero-order valence-corrected chi connectivity index (χ0v) is 14.9. The average molecular weight is 391 g/mol. The van der Waals surface area contributed by atoms with Gasteiger partial charge in [0.2, 0.25) is 6.23 Å². The first kappa shape index (κ1) is 19.7. The Labute approximate surface area is 153 Å². The monoisotopic (exact) mass is 391 g/mol. The van der Waals surface area contributed by atoms with Crippen molar-refractivity contribution in [3.05, 3.63) is 11.8 Å². The summed E-state index contributed by atoms with van der Waals surface area (Å²) in [5, 5.41) is 50.1. The molecule has 0 saturated carbocycles. The van der Waals surface area contributed by atoms with Crippen molar-refractivity contribution in [1.29, 1.82) is 0 Å². The lowest BCUT2D eigenvalue weighted by molar-refractivity contribution is -0.865. The summed E-state index contributed by atoms with van der Waals surface area (Å²) in [5.41, 5.74) is 0.213. The molecule has 3 aliphatic heterocycles. The minimum atomic E-state index is -1.38. The number of carbonyl (C=O) groups is 2. The molecule has 2 fully saturated rings. The number of urea groups is 1. The van der Waals surface area contributed by atoms with E-state index >= 15 is 0 Å². The predicted molar refractivity (Wildman–Crippen MR) is 88.2 cm³/mol. The topological polar surface area (TPSA) is 157 Å². The number of nitrogens with one attached hydrogen (secondary N) is 1. The highest BCUT2D eigenvalue weighted by molar-refractivity contribution is 8.00. The fraction of sp³-hybridized carbons (Fsp3) is 0.733. The average Bonchev–Trinajstić information content (AvgIpc) is 3.12. The normalized spacial score (nSPS) is 46.4. The molecule has 11 heteroatoms. The Morgan fingerprint density at radius 3 is 2.46 bits per heavy atom. The smallest absolute Gasteiger partial charge is 0.395 e. The molecule has 26 heavy (non-hydrogen) atoms. The first-order chi connectivity index (χ1) is 12.3. The Bertz CT molecular complexity index is 631. The largest absolute Gasteiger partial charge is 0.431 e. The fourth-order valence-electron chi connectivity index (χ4n) is 3.68. The molecule has 0 aromatic rings. The van der Waals surface area contributed by atoms with E-state index in [0.717, 1.165) is 11.8 Å². The van der Waals surface area contributed by atoms with Gasteiger partial charge >= 0.3 is 6.03 Å². The van der Waals surface area contributed by atoms with Gasteiger partial charge in [-0.2, -0.15) is 4.48 Å². The molecule has 0 aromatic heterocycles. The van der Waals surface area contributed by atoms with E-state index in [2.05, 4.69) is 5.32 Å². The Kier molecular flexibility index (Phi) is 5.43. The standard InChI is InChI=1S/C15H22N2O8S/c1-6-3-17(15(24)16-13(6)23,10-2-7(20)8(4-18)25-10)14-12(22)11(21)9(5-19)26-14/h3,7-12,14,18-22H,2,4-5H2,1H3/p+1/t7-,8+,9+,10+,11+,12-,14+,17?/m0/s1. The van der Waals surface area contributed by atoms with Crippen LogP contribution in [-0.2, 0) is 9.53 Å². The van der Waals surface area contributed by atoms with E-state index in [9.17, 15) is 35.1 Å². The maximum atomic E-state index is 12.9. The van der Waals surface area contributed by atoms with Gasteiger partial charge in [-0.3, -0.25) is 4.79 Å². The van der Waals surface area contributed by atoms with Crippen LogP contribution in [0.1, 0.15) is 13.3 Å². The van der Waals surface area contributed by atoms with Gasteiger partial charge < -0.3 is 30.3 Å². The van der Waals surface area contributed by atoms with Crippen LogP contribution >= 0.6 is 11.8 Å². The molecule has 0 bridgehead atoms. The van der Waals surface area contributed by atoms with E-state index in [4.69, 9.17) is 4.74 Å². The highest BCUT2D eigenvalue weighted by atomic mass is 32.2. The van der Waals surface area contributed by atoms with Gasteiger partial charge in [0.25, 0.3) is 5.91 Å². The van der Waals surface area contributed by atoms with Crippen molar-refractivity contribution in [3.63, 3.8) is 0 Å². The SMILES string of the molecule is CC1=C[N+]([C@@H]2S[C@H](CO)[C@@H](O)[C@@H]2O)([C@H]2C[C@H](O)[C@@H](CO)O2)C(=O)NC1=O. The highest BCUT2D eigenvalue weighted by Gasteiger charge is 2.63. The number of imide groups is 1. The van der Waals surface area contributed by atoms with E-state index in [0.29, 0.717) is 0 Å². The predicted octanol–water partition coefficient (Wildman–Crippen LogP) is -2.42. The van der Waals surface area contributed by atoms with Crippen molar-refractivity contribution in [3.8, 4) is 0 Å². The third kappa shape index (κ3) is 2.88. The minimum Gasteiger partial charge on any atom is -0.395 e. The molecule has 10 nitrogen and oxygen atoms in total. The molecular weight excluding hydrogens is 368 g/mol. The second-order valence-electron chi connectivity index (χ2n) is 6.75. The molecule has 1 unspecified atom stereocenters. The number of rotatable bonds is 4. The van der Waals surface area contributed by atoms with Crippen LogP contribution in [-0.4, -0.2) is 96.4 Å². The molecule has 0 aliphatic carbocycles. The van der Waals surface area contributed by atoms with Crippen molar-refractivity contribution < 1.29 is 44.3 Å². The molecule has 3 aliphatic rings. The molecule has 0 aromatic carbocycles. The molecule has 0 radical (unpaired) electrons. The summed E-state index contributed by atoms with van der Waals surface area (Å²) < 4.78 is 5.00. The molecule has 8 atom stereocenters. The van der Waals surface area contributed by atoms with Gasteiger partial charge in [-0.1, -0.05) is 11.8 Å². The van der Waals surface area contributed by atoms with Crippen LogP contribution in [0.15, 0.2) is 11.8 Å². The second kappa shape index (κ2) is 7.17. The van der Waals surface area contributed by atoms with Crippen molar-refractivity contribution in [1.82, 2.24) is 5.32 Å². The Hall–Kier alpha value is -1.05. The summed E-state index contributed by atoms with van der Waals surface area (Å²) in [7, 11) is 0.